The van der Waals surface area contributed by atoms with Crippen LogP contribution in [0.4, 0.5) is 4.79 Å². The third-order valence-corrected chi connectivity index (χ3v) is 26.5. The molecule has 3 heterocycles. The highest BCUT2D eigenvalue weighted by atomic mass is 16.7. The first-order valence-corrected chi connectivity index (χ1v) is 56.9. The quantitative estimate of drug-likeness (QED) is 0.0288. The molecule has 3 aliphatic rings. The molecule has 43 heteroatoms. The van der Waals surface area contributed by atoms with Crippen molar-refractivity contribution in [2.75, 3.05) is 152 Å². The van der Waals surface area contributed by atoms with Gasteiger partial charge in [-0.3, -0.25) is 47.9 Å². The summed E-state index contributed by atoms with van der Waals surface area (Å²) < 4.78 is 70.8. The summed E-state index contributed by atoms with van der Waals surface area (Å²) in [7, 11) is 0. The van der Waals surface area contributed by atoms with Gasteiger partial charge in [-0.05, 0) is 83.5 Å². The molecule has 16 atom stereocenters. The minimum Gasteiger partial charge on any atom is -0.447 e. The molecule has 0 aromatic heterocycles. The Morgan fingerprint density at radius 1 is 0.273 bits per heavy atom. The molecule has 11 amide bonds. The number of alkyl carbamates (subject to hydrolysis) is 1. The van der Waals surface area contributed by atoms with Gasteiger partial charge in [-0.2, -0.15) is 0 Å². The minimum absolute atomic E-state index is 0.000801. The Kier molecular flexibility index (Phi) is 82.6. The van der Waals surface area contributed by atoms with Crippen LogP contribution in [0.25, 0.3) is 0 Å². The van der Waals surface area contributed by atoms with Gasteiger partial charge in [0.25, 0.3) is 0 Å². The Hall–Kier alpha value is -6.83. The molecule has 0 radical (unpaired) electrons. The van der Waals surface area contributed by atoms with Crippen LogP contribution in [-0.4, -0.2) is 366 Å². The molecule has 3 fully saturated rings. The summed E-state index contributed by atoms with van der Waals surface area (Å²) in [6, 6.07) is -3.32. The van der Waals surface area contributed by atoms with Crippen molar-refractivity contribution in [1.82, 2.24) is 58.5 Å². The summed E-state index contributed by atoms with van der Waals surface area (Å²) in [5.41, 5.74) is -1.49. The van der Waals surface area contributed by atoms with Gasteiger partial charge in [0.05, 0.1) is 66.1 Å². The second kappa shape index (κ2) is 90.3. The molecule has 3 saturated heterocycles. The van der Waals surface area contributed by atoms with Crippen molar-refractivity contribution in [1.29, 1.82) is 0 Å². The van der Waals surface area contributed by atoms with Crippen molar-refractivity contribution in [2.24, 2.45) is 0 Å². The van der Waals surface area contributed by atoms with E-state index in [-0.39, 0.29) is 192 Å². The molecule has 1 unspecified atom stereocenters. The first-order chi connectivity index (χ1) is 72.6. The maximum atomic E-state index is 14.3. The van der Waals surface area contributed by atoms with Crippen LogP contribution in [0.1, 0.15) is 362 Å². The number of hydrogen-bond acceptors (Lipinski definition) is 32. The van der Waals surface area contributed by atoms with Crippen LogP contribution in [0.3, 0.4) is 0 Å². The molecule has 43 nitrogen and oxygen atoms in total. The monoisotopic (exact) mass is 2150 g/mol. The lowest BCUT2D eigenvalue weighted by Gasteiger charge is -2.42. The summed E-state index contributed by atoms with van der Waals surface area (Å²) >= 11 is 0. The Labute approximate surface area is 892 Å². The number of ether oxygens (including phenoxy) is 12. The van der Waals surface area contributed by atoms with Gasteiger partial charge < -0.3 is 161 Å². The molecule has 0 spiro atoms. The number of hydrogen-bond donors (Lipinski definition) is 20. The van der Waals surface area contributed by atoms with Gasteiger partial charge in [-0.15, -0.1) is 0 Å². The Bertz CT molecular complexity index is 3240. The molecule has 3 rings (SSSR count). The average Bonchev–Trinajstić information content (AvgIpc) is 0.817. The number of nitrogens with one attached hydrogen (secondary N) is 11. The fourth-order valence-electron chi connectivity index (χ4n) is 17.7. The van der Waals surface area contributed by atoms with E-state index in [4.69, 9.17) is 56.8 Å². The minimum atomic E-state index is -1.49. The van der Waals surface area contributed by atoms with Gasteiger partial charge in [0, 0.05) is 145 Å². The second-order valence-corrected chi connectivity index (χ2v) is 40.2. The normalized spacial score (nSPS) is 20.9. The highest BCUT2D eigenvalue weighted by Crippen LogP contribution is 2.28. The molecule has 20 N–H and O–H groups in total. The standard InChI is InChI=1S/C107H199N11O32/c1-6-8-10-12-14-16-18-20-22-24-26-28-30-32-34-42-64-139-75-83(143-65-43-35-33-31-29-27-25-23-21-19-17-15-13-11-9-7-2)76-147-106(138)114-57-41-36-37-53-93(131)118-107(77-140-69-54-90(128)111-61-47-58-108-87(125)50-38-44-66-144-103-94(115-80(3)122)100(135)97(132)84(72-119)148-103,78-141-70-55-91(129)112-62-48-59-109-88(126)51-39-45-67-145-104-95(116-81(4)123)101(136)98(133)85(73-120)149-104)79-142-71-56-92(130)113-63-49-60-110-89(127)52-40-46-68-146-105-96(117-82(5)124)102(137)99(134)86(74-121)150-105/h83-86,94-105,119-121,132-137H,6-79H2,1-5H3,(H,108,125)(H,109,126)(H,110,127)(H,111,128)(H,112,129)(H,113,130)(H,114,138)(H,115,122)(H,116,123)(H,117,124)(H,118,131)/t83?,84-,85-,86-,94-,95-,96-,97-,98-,99-,100-,101-,102-,103-,104-,105-/m1/s1. The molecule has 3 aliphatic heterocycles. The van der Waals surface area contributed by atoms with Crippen molar-refractivity contribution in [3.05, 3.63) is 0 Å². The molecule has 150 heavy (non-hydrogen) atoms. The van der Waals surface area contributed by atoms with Crippen LogP contribution in [0, 0.1) is 0 Å². The van der Waals surface area contributed by atoms with Gasteiger partial charge in [0.2, 0.25) is 59.1 Å². The number of aliphatic hydroxyl groups excluding tert-OH is 9. The molecular weight excluding hydrogens is 1950 g/mol. The zero-order valence-corrected chi connectivity index (χ0v) is 91.5. The lowest BCUT2D eigenvalue weighted by Crippen LogP contribution is -2.64. The molecule has 0 aliphatic carbocycles. The van der Waals surface area contributed by atoms with E-state index in [0.29, 0.717) is 96.9 Å². The van der Waals surface area contributed by atoms with Crippen LogP contribution < -0.4 is 58.5 Å². The first-order valence-electron chi connectivity index (χ1n) is 56.9. The zero-order valence-electron chi connectivity index (χ0n) is 91.5. The van der Waals surface area contributed by atoms with Crippen molar-refractivity contribution in [2.45, 2.75) is 466 Å². The number of unbranched alkanes of at least 4 members (excludes halogenated alkanes) is 35. The number of rotatable bonds is 97. The summed E-state index contributed by atoms with van der Waals surface area (Å²) in [4.78, 5) is 141. The molecule has 0 bridgehead atoms. The van der Waals surface area contributed by atoms with E-state index in [1.807, 2.05) is 0 Å². The van der Waals surface area contributed by atoms with Crippen molar-refractivity contribution < 1.29 is 156 Å². The van der Waals surface area contributed by atoms with Crippen molar-refractivity contribution in [3.63, 3.8) is 0 Å². The van der Waals surface area contributed by atoms with Gasteiger partial charge in [0.15, 0.2) is 18.9 Å². The van der Waals surface area contributed by atoms with Crippen molar-refractivity contribution >= 4 is 65.2 Å². The molecular formula is C107H199N11O32. The number of amides is 11. The summed E-state index contributed by atoms with van der Waals surface area (Å²) in [6.45, 7) is 8.25. The first kappa shape index (κ1) is 137. The maximum Gasteiger partial charge on any atom is 0.407 e. The topological polar surface area (TPSA) is 613 Å². The fraction of sp³-hybridized carbons (Fsp3) is 0.897. The van der Waals surface area contributed by atoms with E-state index in [0.717, 1.165) is 32.1 Å². The van der Waals surface area contributed by atoms with Crippen LogP contribution in [-0.2, 0) is 105 Å². The third-order valence-electron chi connectivity index (χ3n) is 26.5. The highest BCUT2D eigenvalue weighted by Gasteiger charge is 2.48. The largest absolute Gasteiger partial charge is 0.447 e. The van der Waals surface area contributed by atoms with Crippen LogP contribution in [0.15, 0.2) is 0 Å². The smallest absolute Gasteiger partial charge is 0.407 e. The predicted octanol–water partition coefficient (Wildman–Crippen LogP) is 6.53. The van der Waals surface area contributed by atoms with Gasteiger partial charge in [-0.1, -0.05) is 213 Å². The lowest BCUT2D eigenvalue weighted by molar-refractivity contribution is -0.270. The van der Waals surface area contributed by atoms with E-state index < -0.39 is 153 Å². The lowest BCUT2D eigenvalue weighted by atomic mass is 9.97. The molecule has 0 aromatic carbocycles. The van der Waals surface area contributed by atoms with E-state index >= 15 is 0 Å². The van der Waals surface area contributed by atoms with E-state index in [1.165, 1.54) is 194 Å². The molecule has 0 saturated carbocycles. The molecule has 874 valence electrons. The van der Waals surface area contributed by atoms with E-state index in [2.05, 4.69) is 72.3 Å². The predicted molar refractivity (Wildman–Crippen MR) is 562 cm³/mol. The van der Waals surface area contributed by atoms with Gasteiger partial charge in [0.1, 0.15) is 91.3 Å². The van der Waals surface area contributed by atoms with E-state index in [1.54, 1.807) is 0 Å². The SMILES string of the molecule is CCCCCCCCCCCCCCCCCCOCC(COC(=O)NCCCCCC(=O)NC(COCCC(=O)NCCCNC(=O)CCCCO[C@@H]1O[C@H](CO)[C@@H](O)[C@H](O)[C@H]1NC(C)=O)(COCCC(=O)NCCCNC(=O)CCCCO[C@@H]1O[C@H](CO)[C@@H](O)[C@H](O)[C@H]1NC(C)=O)COCCC(=O)NCCCNC(=O)CCCCO[C@@H]1O[C@H](CO)[C@@H](O)[C@H](O)[C@H]1NC(C)=O)OCCCCCCCCCCCCCCCCCC. The van der Waals surface area contributed by atoms with Crippen LogP contribution in [0.2, 0.25) is 0 Å². The Balaban J connectivity index is 1.68. The average molecular weight is 2150 g/mol. The number of carbonyl (C=O) groups excluding carboxylic acids is 11. The van der Waals surface area contributed by atoms with Crippen LogP contribution >= 0.6 is 0 Å². The fourth-order valence-corrected chi connectivity index (χ4v) is 17.7. The van der Waals surface area contributed by atoms with Crippen LogP contribution in [0.5, 0.6) is 0 Å². The van der Waals surface area contributed by atoms with E-state index in [9.17, 15) is 98.7 Å². The Morgan fingerprint density at radius 3 is 0.833 bits per heavy atom. The summed E-state index contributed by atoms with van der Waals surface area (Å²) in [5.74, 6) is -3.86. The Morgan fingerprint density at radius 2 is 0.533 bits per heavy atom. The second-order valence-electron chi connectivity index (χ2n) is 40.2. The number of carbonyl (C=O) groups is 11. The zero-order chi connectivity index (χ0) is 110. The maximum absolute atomic E-state index is 14.3. The van der Waals surface area contributed by atoms with Crippen molar-refractivity contribution in [3.8, 4) is 0 Å². The molecule has 0 aromatic rings. The summed E-state index contributed by atoms with van der Waals surface area (Å²) in [5, 5.41) is 122. The third kappa shape index (κ3) is 68.5. The van der Waals surface area contributed by atoms with Gasteiger partial charge in [-0.25, -0.2) is 4.79 Å². The highest BCUT2D eigenvalue weighted by molar-refractivity contribution is 5.79. The van der Waals surface area contributed by atoms with Gasteiger partial charge >= 0.3 is 6.09 Å². The number of aliphatic hydroxyl groups is 9. The summed E-state index contributed by atoms with van der Waals surface area (Å²) in [6.07, 6.45) is 28.7.